The minimum Gasteiger partial charge on any atom is -0.481 e. The number of carboxylic acid groups (broad SMARTS) is 1. The smallest absolute Gasteiger partial charge is 0.318 e. The Kier molecular flexibility index (Phi) is 7.74. The number of carbonyl (C=O) groups is 3. The summed E-state index contributed by atoms with van der Waals surface area (Å²) >= 11 is 0. The normalized spacial score (nSPS) is 11.1. The number of imide groups is 1. The van der Waals surface area contributed by atoms with Crippen molar-refractivity contribution in [1.82, 2.24) is 10.6 Å². The molecule has 0 fully saturated rings. The fraction of sp³-hybridized carbons (Fsp3) is 0.750. The number of urea groups is 1. The van der Waals surface area contributed by atoms with Crippen molar-refractivity contribution in [2.24, 2.45) is 11.1 Å². The Hall–Kier alpha value is -1.63. The molecule has 0 aliphatic carbocycles. The van der Waals surface area contributed by atoms with Crippen molar-refractivity contribution in [2.75, 3.05) is 13.1 Å². The molecule has 0 aliphatic heterocycles. The van der Waals surface area contributed by atoms with E-state index in [0.717, 1.165) is 6.42 Å². The molecule has 0 saturated heterocycles. The lowest BCUT2D eigenvalue weighted by Gasteiger charge is -2.23. The number of nitrogens with two attached hydrogens (primary N) is 1. The summed E-state index contributed by atoms with van der Waals surface area (Å²) in [5, 5.41) is 13.7. The van der Waals surface area contributed by atoms with Crippen LogP contribution in [0, 0.1) is 5.41 Å². The topological polar surface area (TPSA) is 122 Å². The summed E-state index contributed by atoms with van der Waals surface area (Å²) in [5.41, 5.74) is 4.74. The Morgan fingerprint density at radius 3 is 2.26 bits per heavy atom. The van der Waals surface area contributed by atoms with Gasteiger partial charge in [-0.15, -0.1) is 0 Å². The molecule has 3 amide bonds. The molecule has 0 aromatic rings. The number of carbonyl (C=O) groups excluding carboxylic acids is 2. The van der Waals surface area contributed by atoms with Crippen molar-refractivity contribution >= 4 is 17.9 Å². The summed E-state index contributed by atoms with van der Waals surface area (Å²) in [6.45, 7) is 5.17. The fourth-order valence-corrected chi connectivity index (χ4v) is 1.52. The summed E-state index contributed by atoms with van der Waals surface area (Å²) in [6, 6.07) is -0.847. The zero-order valence-electron chi connectivity index (χ0n) is 11.5. The summed E-state index contributed by atoms with van der Waals surface area (Å²) in [5.74, 6) is -1.20. The van der Waals surface area contributed by atoms with E-state index in [4.69, 9.17) is 10.8 Å². The Morgan fingerprint density at radius 2 is 1.74 bits per heavy atom. The van der Waals surface area contributed by atoms with Crippen LogP contribution in [0.25, 0.3) is 0 Å². The highest BCUT2D eigenvalue weighted by atomic mass is 16.4. The van der Waals surface area contributed by atoms with Crippen LogP contribution in [0.5, 0.6) is 0 Å². The van der Waals surface area contributed by atoms with Gasteiger partial charge in [-0.2, -0.15) is 0 Å². The maximum atomic E-state index is 11.1. The van der Waals surface area contributed by atoms with Gasteiger partial charge in [0.1, 0.15) is 0 Å². The highest BCUT2D eigenvalue weighted by molar-refractivity contribution is 5.93. The number of aliphatic carboxylic acids is 1. The fourth-order valence-electron chi connectivity index (χ4n) is 1.52. The average Bonchev–Trinajstić information content (AvgIpc) is 2.25. The molecule has 0 rings (SSSR count). The van der Waals surface area contributed by atoms with Crippen LogP contribution in [0.4, 0.5) is 4.79 Å². The number of rotatable bonds is 9. The Morgan fingerprint density at radius 1 is 1.11 bits per heavy atom. The zero-order valence-corrected chi connectivity index (χ0v) is 11.5. The quantitative estimate of drug-likeness (QED) is 0.454. The molecule has 0 radical (unpaired) electrons. The Balaban J connectivity index is 3.65. The van der Waals surface area contributed by atoms with E-state index in [0.29, 0.717) is 19.5 Å². The van der Waals surface area contributed by atoms with Crippen molar-refractivity contribution in [3.63, 3.8) is 0 Å². The van der Waals surface area contributed by atoms with E-state index >= 15 is 0 Å². The third-order valence-electron chi connectivity index (χ3n) is 2.79. The third kappa shape index (κ3) is 11.2. The number of hydrogen-bond acceptors (Lipinski definition) is 4. The molecule has 0 unspecified atom stereocenters. The SMILES string of the molecule is CC(C)(CCNCCC(=O)NC(N)=O)CCC(=O)O. The Bertz CT molecular complexity index is 329. The standard InChI is InChI=1S/C12H23N3O4/c1-12(2,5-3-10(17)18)6-8-14-7-4-9(16)15-11(13)19/h14H,3-8H2,1-2H3,(H,17,18)(H3,13,15,16,19). The van der Waals surface area contributed by atoms with Gasteiger partial charge in [-0.05, 0) is 24.8 Å². The van der Waals surface area contributed by atoms with Gasteiger partial charge in [0.2, 0.25) is 5.91 Å². The molecule has 0 bridgehead atoms. The predicted octanol–water partition coefficient (Wildman–Crippen LogP) is 0.442. The first-order valence-electron chi connectivity index (χ1n) is 6.25. The Labute approximate surface area is 112 Å². The van der Waals surface area contributed by atoms with Crippen LogP contribution >= 0.6 is 0 Å². The highest BCUT2D eigenvalue weighted by Gasteiger charge is 2.18. The molecular formula is C12H23N3O4. The van der Waals surface area contributed by atoms with E-state index in [9.17, 15) is 14.4 Å². The average molecular weight is 273 g/mol. The molecule has 5 N–H and O–H groups in total. The van der Waals surface area contributed by atoms with Crippen LogP contribution < -0.4 is 16.4 Å². The van der Waals surface area contributed by atoms with Crippen LogP contribution in [0.15, 0.2) is 0 Å². The lowest BCUT2D eigenvalue weighted by Crippen LogP contribution is -2.36. The number of primary amides is 1. The zero-order chi connectivity index (χ0) is 14.9. The van der Waals surface area contributed by atoms with E-state index in [2.05, 4.69) is 5.32 Å². The van der Waals surface area contributed by atoms with E-state index < -0.39 is 17.9 Å². The number of amides is 3. The van der Waals surface area contributed by atoms with Gasteiger partial charge in [-0.1, -0.05) is 13.8 Å². The third-order valence-corrected chi connectivity index (χ3v) is 2.79. The summed E-state index contributed by atoms with van der Waals surface area (Å²) in [6.07, 6.45) is 1.77. The summed E-state index contributed by atoms with van der Waals surface area (Å²) in [4.78, 5) is 31.9. The molecule has 0 atom stereocenters. The van der Waals surface area contributed by atoms with E-state index in [-0.39, 0.29) is 18.3 Å². The molecule has 0 saturated carbocycles. The van der Waals surface area contributed by atoms with Crippen LogP contribution in [-0.2, 0) is 9.59 Å². The second-order valence-corrected chi connectivity index (χ2v) is 5.22. The van der Waals surface area contributed by atoms with Gasteiger partial charge in [0.05, 0.1) is 0 Å². The van der Waals surface area contributed by atoms with Gasteiger partial charge < -0.3 is 16.2 Å². The van der Waals surface area contributed by atoms with Gasteiger partial charge in [-0.25, -0.2) is 4.79 Å². The van der Waals surface area contributed by atoms with Crippen LogP contribution in [0.2, 0.25) is 0 Å². The monoisotopic (exact) mass is 273 g/mol. The molecule has 19 heavy (non-hydrogen) atoms. The van der Waals surface area contributed by atoms with Gasteiger partial charge in [0.15, 0.2) is 0 Å². The van der Waals surface area contributed by atoms with Crippen molar-refractivity contribution in [3.05, 3.63) is 0 Å². The van der Waals surface area contributed by atoms with Crippen molar-refractivity contribution in [1.29, 1.82) is 0 Å². The molecule has 0 aliphatic rings. The minimum atomic E-state index is -0.847. The predicted molar refractivity (Wildman–Crippen MR) is 70.5 cm³/mol. The van der Waals surface area contributed by atoms with Crippen LogP contribution in [-0.4, -0.2) is 36.1 Å². The van der Waals surface area contributed by atoms with E-state index in [1.807, 2.05) is 19.2 Å². The number of hydrogen-bond donors (Lipinski definition) is 4. The van der Waals surface area contributed by atoms with E-state index in [1.165, 1.54) is 0 Å². The first-order valence-corrected chi connectivity index (χ1v) is 6.25. The maximum absolute atomic E-state index is 11.1. The first-order chi connectivity index (χ1) is 8.73. The molecular weight excluding hydrogens is 250 g/mol. The summed E-state index contributed by atoms with van der Waals surface area (Å²) < 4.78 is 0. The van der Waals surface area contributed by atoms with Gasteiger partial charge in [-0.3, -0.25) is 14.9 Å². The molecule has 0 heterocycles. The number of carboxylic acids is 1. The van der Waals surface area contributed by atoms with Crippen molar-refractivity contribution < 1.29 is 19.5 Å². The molecule has 7 heteroatoms. The number of nitrogens with one attached hydrogen (secondary N) is 2. The van der Waals surface area contributed by atoms with Crippen LogP contribution in [0.1, 0.15) is 39.5 Å². The largest absolute Gasteiger partial charge is 0.481 e. The van der Waals surface area contributed by atoms with Gasteiger partial charge in [0, 0.05) is 19.4 Å². The molecule has 110 valence electrons. The van der Waals surface area contributed by atoms with Gasteiger partial charge >= 0.3 is 12.0 Å². The van der Waals surface area contributed by atoms with Crippen molar-refractivity contribution in [3.8, 4) is 0 Å². The molecule has 0 spiro atoms. The van der Waals surface area contributed by atoms with Crippen LogP contribution in [0.3, 0.4) is 0 Å². The minimum absolute atomic E-state index is 0.0547. The first kappa shape index (κ1) is 17.4. The highest BCUT2D eigenvalue weighted by Crippen LogP contribution is 2.25. The summed E-state index contributed by atoms with van der Waals surface area (Å²) in [7, 11) is 0. The van der Waals surface area contributed by atoms with E-state index in [1.54, 1.807) is 0 Å². The maximum Gasteiger partial charge on any atom is 0.318 e. The molecule has 0 aromatic carbocycles. The van der Waals surface area contributed by atoms with Gasteiger partial charge in [0.25, 0.3) is 0 Å². The second kappa shape index (κ2) is 8.47. The lowest BCUT2D eigenvalue weighted by atomic mass is 9.84. The van der Waals surface area contributed by atoms with Crippen molar-refractivity contribution in [2.45, 2.75) is 39.5 Å². The molecule has 0 aromatic heterocycles. The molecule has 7 nitrogen and oxygen atoms in total. The lowest BCUT2D eigenvalue weighted by molar-refractivity contribution is -0.137. The second-order valence-electron chi connectivity index (χ2n) is 5.22.